The number of hydrogen-bond acceptors (Lipinski definition) is 2. The molecule has 0 atom stereocenters. The Labute approximate surface area is 88.5 Å². The van der Waals surface area contributed by atoms with Crippen molar-refractivity contribution in [3.05, 3.63) is 35.6 Å². The van der Waals surface area contributed by atoms with Crippen LogP contribution in [0.4, 0.5) is 4.39 Å². The fourth-order valence-electron chi connectivity index (χ4n) is 1.38. The average Bonchev–Trinajstić information content (AvgIpc) is 1.99. The first kappa shape index (κ1) is 12.1. The van der Waals surface area contributed by atoms with Crippen molar-refractivity contribution in [3.63, 3.8) is 0 Å². The summed E-state index contributed by atoms with van der Waals surface area (Å²) >= 11 is 0. The van der Waals surface area contributed by atoms with Gasteiger partial charge < -0.3 is 0 Å². The average molecular weight is 232 g/mol. The smallest absolute Gasteiger partial charge is 0.216 e. The van der Waals surface area contributed by atoms with Gasteiger partial charge in [0, 0.05) is 5.56 Å². The van der Waals surface area contributed by atoms with Gasteiger partial charge in [0.05, 0.1) is 5.54 Å². The quantitative estimate of drug-likeness (QED) is 0.811. The van der Waals surface area contributed by atoms with Crippen LogP contribution in [0.15, 0.2) is 24.3 Å². The highest BCUT2D eigenvalue weighted by Crippen LogP contribution is 2.22. The monoisotopic (exact) mass is 232 g/mol. The third kappa shape index (κ3) is 3.26. The second kappa shape index (κ2) is 3.88. The summed E-state index contributed by atoms with van der Waals surface area (Å²) < 4.78 is 37.3. The molecule has 15 heavy (non-hydrogen) atoms. The number of hydrogen-bond donors (Lipinski definition) is 2. The van der Waals surface area contributed by atoms with Crippen LogP contribution in [0.3, 0.4) is 0 Å². The molecule has 0 amide bonds. The summed E-state index contributed by atoms with van der Waals surface area (Å²) in [5.74, 6) is -0.473. The third-order valence-corrected chi connectivity index (χ3v) is 2.74. The molecule has 0 aromatic heterocycles. The van der Waals surface area contributed by atoms with E-state index in [9.17, 15) is 12.8 Å². The molecular formula is C9H13FN2O2S. The Morgan fingerprint density at radius 3 is 2.33 bits per heavy atom. The molecule has 0 radical (unpaired) electrons. The lowest BCUT2D eigenvalue weighted by Crippen LogP contribution is -2.44. The van der Waals surface area contributed by atoms with Crippen LogP contribution in [-0.2, 0) is 15.7 Å². The van der Waals surface area contributed by atoms with Gasteiger partial charge in [0.1, 0.15) is 5.82 Å². The fourth-order valence-corrected chi connectivity index (χ4v) is 2.20. The Balaban J connectivity index is 3.12. The molecule has 1 aromatic rings. The maximum Gasteiger partial charge on any atom is 0.275 e. The third-order valence-electron chi connectivity index (χ3n) is 1.94. The topological polar surface area (TPSA) is 72.2 Å². The Bertz CT molecular complexity index is 457. The minimum absolute atomic E-state index is 0.249. The molecular weight excluding hydrogens is 219 g/mol. The van der Waals surface area contributed by atoms with Crippen molar-refractivity contribution in [1.82, 2.24) is 4.72 Å². The first-order valence-electron chi connectivity index (χ1n) is 4.29. The minimum atomic E-state index is -3.86. The van der Waals surface area contributed by atoms with Crippen LogP contribution in [0.25, 0.3) is 0 Å². The standard InChI is InChI=1S/C9H13FN2O2S/c1-9(2,12-15(11,13)14)7-5-3-4-6-8(7)10/h3-6,12H,1-2H3,(H2,11,13,14). The van der Waals surface area contributed by atoms with E-state index in [4.69, 9.17) is 5.14 Å². The predicted molar refractivity (Wildman–Crippen MR) is 55.7 cm³/mol. The van der Waals surface area contributed by atoms with Crippen molar-refractivity contribution in [2.45, 2.75) is 19.4 Å². The van der Waals surface area contributed by atoms with E-state index in [-0.39, 0.29) is 5.56 Å². The normalized spacial score (nSPS) is 12.8. The predicted octanol–water partition coefficient (Wildman–Crippen LogP) is 0.854. The maximum absolute atomic E-state index is 13.4. The fraction of sp³-hybridized carbons (Fsp3) is 0.333. The van der Waals surface area contributed by atoms with E-state index in [1.807, 2.05) is 0 Å². The van der Waals surface area contributed by atoms with E-state index < -0.39 is 21.6 Å². The van der Waals surface area contributed by atoms with Crippen molar-refractivity contribution in [2.75, 3.05) is 0 Å². The molecule has 0 aliphatic rings. The highest BCUT2D eigenvalue weighted by Gasteiger charge is 2.27. The van der Waals surface area contributed by atoms with Crippen LogP contribution in [0.2, 0.25) is 0 Å². The summed E-state index contributed by atoms with van der Waals surface area (Å²) in [5, 5.41) is 4.85. The molecule has 0 saturated carbocycles. The molecule has 0 aliphatic heterocycles. The van der Waals surface area contributed by atoms with Gasteiger partial charge >= 0.3 is 0 Å². The summed E-state index contributed by atoms with van der Waals surface area (Å²) in [6.45, 7) is 3.08. The summed E-state index contributed by atoms with van der Waals surface area (Å²) in [5.41, 5.74) is -0.821. The van der Waals surface area contributed by atoms with Crippen LogP contribution in [-0.4, -0.2) is 8.42 Å². The molecule has 0 aliphatic carbocycles. The zero-order chi connectivity index (χ0) is 11.7. The van der Waals surface area contributed by atoms with Gasteiger partial charge in [-0.2, -0.15) is 13.1 Å². The lowest BCUT2D eigenvalue weighted by Gasteiger charge is -2.25. The molecule has 84 valence electrons. The highest BCUT2D eigenvalue weighted by atomic mass is 32.2. The molecule has 6 heteroatoms. The molecule has 0 spiro atoms. The van der Waals surface area contributed by atoms with Crippen molar-refractivity contribution in [2.24, 2.45) is 5.14 Å². The molecule has 0 heterocycles. The van der Waals surface area contributed by atoms with E-state index in [2.05, 4.69) is 4.72 Å². The van der Waals surface area contributed by atoms with Crippen molar-refractivity contribution >= 4 is 10.2 Å². The highest BCUT2D eigenvalue weighted by molar-refractivity contribution is 7.87. The van der Waals surface area contributed by atoms with Crippen molar-refractivity contribution in [1.29, 1.82) is 0 Å². The van der Waals surface area contributed by atoms with Gasteiger partial charge in [-0.15, -0.1) is 0 Å². The van der Waals surface area contributed by atoms with Crippen molar-refractivity contribution in [3.8, 4) is 0 Å². The summed E-state index contributed by atoms with van der Waals surface area (Å²) in [6, 6.07) is 5.94. The molecule has 0 fully saturated rings. The lowest BCUT2D eigenvalue weighted by atomic mass is 9.95. The van der Waals surface area contributed by atoms with Gasteiger partial charge in [-0.3, -0.25) is 0 Å². The second-order valence-corrected chi connectivity index (χ2v) is 5.05. The minimum Gasteiger partial charge on any atom is -0.216 e. The Kier molecular flexibility index (Phi) is 3.13. The first-order valence-corrected chi connectivity index (χ1v) is 5.84. The summed E-state index contributed by atoms with van der Waals surface area (Å²) in [7, 11) is -3.86. The molecule has 3 N–H and O–H groups in total. The van der Waals surface area contributed by atoms with Crippen molar-refractivity contribution < 1.29 is 12.8 Å². The molecule has 0 saturated heterocycles. The molecule has 4 nitrogen and oxygen atoms in total. The van der Waals surface area contributed by atoms with Gasteiger partial charge in [0.25, 0.3) is 10.2 Å². The number of nitrogens with one attached hydrogen (secondary N) is 1. The zero-order valence-corrected chi connectivity index (χ0v) is 9.31. The van der Waals surface area contributed by atoms with E-state index in [1.165, 1.54) is 32.0 Å². The van der Waals surface area contributed by atoms with Gasteiger partial charge in [0.2, 0.25) is 0 Å². The Morgan fingerprint density at radius 1 is 1.33 bits per heavy atom. The molecule has 0 unspecified atom stereocenters. The maximum atomic E-state index is 13.4. The Hall–Kier alpha value is -0.980. The van der Waals surface area contributed by atoms with Crippen LogP contribution in [0.5, 0.6) is 0 Å². The van der Waals surface area contributed by atoms with E-state index in [0.29, 0.717) is 0 Å². The van der Waals surface area contributed by atoms with Gasteiger partial charge in [-0.25, -0.2) is 9.53 Å². The molecule has 1 rings (SSSR count). The van der Waals surface area contributed by atoms with Gasteiger partial charge in [0.15, 0.2) is 0 Å². The van der Waals surface area contributed by atoms with E-state index in [1.54, 1.807) is 6.07 Å². The summed E-state index contributed by atoms with van der Waals surface area (Å²) in [6.07, 6.45) is 0. The largest absolute Gasteiger partial charge is 0.275 e. The van der Waals surface area contributed by atoms with E-state index in [0.717, 1.165) is 0 Å². The zero-order valence-electron chi connectivity index (χ0n) is 8.49. The van der Waals surface area contributed by atoms with Gasteiger partial charge in [-0.1, -0.05) is 18.2 Å². The van der Waals surface area contributed by atoms with Gasteiger partial charge in [-0.05, 0) is 19.9 Å². The van der Waals surface area contributed by atoms with Crippen LogP contribution >= 0.6 is 0 Å². The van der Waals surface area contributed by atoms with E-state index >= 15 is 0 Å². The second-order valence-electron chi connectivity index (χ2n) is 3.75. The number of benzene rings is 1. The van der Waals surface area contributed by atoms with Crippen LogP contribution < -0.4 is 9.86 Å². The number of nitrogens with two attached hydrogens (primary N) is 1. The number of rotatable bonds is 3. The summed E-state index contributed by atoms with van der Waals surface area (Å²) in [4.78, 5) is 0. The SMILES string of the molecule is CC(C)(NS(N)(=O)=O)c1ccccc1F. The first-order chi connectivity index (χ1) is 6.72. The Morgan fingerprint density at radius 2 is 1.87 bits per heavy atom. The molecule has 1 aromatic carbocycles. The molecule has 0 bridgehead atoms. The lowest BCUT2D eigenvalue weighted by molar-refractivity contribution is 0.447. The van der Waals surface area contributed by atoms with Crippen LogP contribution in [0, 0.1) is 5.82 Å². The van der Waals surface area contributed by atoms with Crippen LogP contribution in [0.1, 0.15) is 19.4 Å². The number of halogens is 1.